The van der Waals surface area contributed by atoms with E-state index >= 15 is 0 Å². The van der Waals surface area contributed by atoms with E-state index in [2.05, 4.69) is 22.8 Å². The summed E-state index contributed by atoms with van der Waals surface area (Å²) in [5.41, 5.74) is 3.86. The molecule has 7 heteroatoms. The molecule has 7 nitrogen and oxygen atoms in total. The van der Waals surface area contributed by atoms with Crippen molar-refractivity contribution in [3.63, 3.8) is 0 Å². The number of carbonyl (C=O) groups excluding carboxylic acids is 2. The maximum absolute atomic E-state index is 12.7. The van der Waals surface area contributed by atoms with Gasteiger partial charge < -0.3 is 14.8 Å². The van der Waals surface area contributed by atoms with Crippen LogP contribution in [0, 0.1) is 11.8 Å². The van der Waals surface area contributed by atoms with Gasteiger partial charge in [0, 0.05) is 5.69 Å². The number of hydrogen-bond acceptors (Lipinski definition) is 5. The molecule has 0 aliphatic heterocycles. The van der Waals surface area contributed by atoms with Gasteiger partial charge in [-0.2, -0.15) is 5.10 Å². The Morgan fingerprint density at radius 3 is 2.45 bits per heavy atom. The van der Waals surface area contributed by atoms with Crippen LogP contribution in [0.15, 0.2) is 53.6 Å². The summed E-state index contributed by atoms with van der Waals surface area (Å²) >= 11 is 0. The highest BCUT2D eigenvalue weighted by molar-refractivity contribution is 6.06. The van der Waals surface area contributed by atoms with E-state index in [0.29, 0.717) is 18.0 Å². The second-order valence-corrected chi connectivity index (χ2v) is 7.45. The highest BCUT2D eigenvalue weighted by atomic mass is 16.5. The van der Waals surface area contributed by atoms with Crippen LogP contribution in [-0.4, -0.2) is 31.7 Å². The van der Waals surface area contributed by atoms with E-state index in [1.165, 1.54) is 6.21 Å². The van der Waals surface area contributed by atoms with Gasteiger partial charge in [0.05, 0.1) is 19.9 Å². The molecule has 0 radical (unpaired) electrons. The summed E-state index contributed by atoms with van der Waals surface area (Å²) in [5.74, 6) is -0.508. The van der Waals surface area contributed by atoms with Crippen LogP contribution in [0.5, 0.6) is 11.5 Å². The molecule has 1 unspecified atom stereocenters. The zero-order valence-electron chi connectivity index (χ0n) is 18.6. The number of rotatable bonds is 11. The first kappa shape index (κ1) is 23.9. The number of benzene rings is 2. The fourth-order valence-corrected chi connectivity index (χ4v) is 2.88. The summed E-state index contributed by atoms with van der Waals surface area (Å²) in [4.78, 5) is 25.3. The molecule has 2 aromatic rings. The lowest BCUT2D eigenvalue weighted by Gasteiger charge is -2.18. The van der Waals surface area contributed by atoms with Gasteiger partial charge in [-0.05, 0) is 54.3 Å². The number of anilines is 1. The molecule has 0 bridgehead atoms. The predicted octanol–water partition coefficient (Wildman–Crippen LogP) is 4.24. The van der Waals surface area contributed by atoms with E-state index in [1.807, 2.05) is 38.1 Å². The van der Waals surface area contributed by atoms with Crippen molar-refractivity contribution in [3.8, 4) is 11.5 Å². The topological polar surface area (TPSA) is 89.0 Å². The molecule has 2 rings (SSSR count). The maximum Gasteiger partial charge on any atom is 0.252 e. The molecule has 1 atom stereocenters. The first-order chi connectivity index (χ1) is 14.9. The van der Waals surface area contributed by atoms with Gasteiger partial charge in [-0.1, -0.05) is 39.3 Å². The molecule has 0 aliphatic carbocycles. The summed E-state index contributed by atoms with van der Waals surface area (Å²) in [6.45, 7) is 6.40. The fourth-order valence-electron chi connectivity index (χ4n) is 2.88. The Balaban J connectivity index is 1.97. The molecule has 2 N–H and O–H groups in total. The van der Waals surface area contributed by atoms with Crippen LogP contribution >= 0.6 is 0 Å². The van der Waals surface area contributed by atoms with Gasteiger partial charge in [-0.15, -0.1) is 0 Å². The summed E-state index contributed by atoms with van der Waals surface area (Å²) in [5, 5.41) is 6.79. The molecule has 0 saturated carbocycles. The molecule has 0 aliphatic rings. The van der Waals surface area contributed by atoms with Crippen molar-refractivity contribution in [3.05, 3.63) is 54.1 Å². The van der Waals surface area contributed by atoms with Crippen LogP contribution in [-0.2, 0) is 9.59 Å². The Morgan fingerprint density at radius 2 is 1.81 bits per heavy atom. The number of nitrogens with one attached hydrogen (secondary N) is 2. The first-order valence-electron chi connectivity index (χ1n) is 10.4. The van der Waals surface area contributed by atoms with Crippen LogP contribution in [0.4, 0.5) is 5.69 Å². The van der Waals surface area contributed by atoms with Crippen molar-refractivity contribution < 1.29 is 19.1 Å². The van der Waals surface area contributed by atoms with Crippen molar-refractivity contribution in [2.45, 2.75) is 33.6 Å². The summed E-state index contributed by atoms with van der Waals surface area (Å²) < 4.78 is 10.8. The van der Waals surface area contributed by atoms with Crippen molar-refractivity contribution in [2.24, 2.45) is 16.9 Å². The Labute approximate surface area is 183 Å². The summed E-state index contributed by atoms with van der Waals surface area (Å²) in [7, 11) is 1.57. The third-order valence-electron chi connectivity index (χ3n) is 4.60. The lowest BCUT2D eigenvalue weighted by molar-refractivity contribution is -0.134. The summed E-state index contributed by atoms with van der Waals surface area (Å²) in [6, 6.07) is 14.4. The van der Waals surface area contributed by atoms with Crippen molar-refractivity contribution >= 4 is 23.7 Å². The number of hydrazone groups is 1. The molecular weight excluding hydrogens is 394 g/mol. The van der Waals surface area contributed by atoms with Gasteiger partial charge in [0.25, 0.3) is 5.91 Å². The van der Waals surface area contributed by atoms with E-state index in [9.17, 15) is 9.59 Å². The van der Waals surface area contributed by atoms with Gasteiger partial charge in [0.1, 0.15) is 17.4 Å². The molecule has 0 fully saturated rings. The van der Waals surface area contributed by atoms with E-state index in [4.69, 9.17) is 9.47 Å². The number of hydrogen-bond donors (Lipinski definition) is 2. The number of ether oxygens (including phenoxy) is 2. The molecule has 166 valence electrons. The zero-order chi connectivity index (χ0) is 22.6. The lowest BCUT2D eigenvalue weighted by Crippen LogP contribution is -2.39. The molecule has 0 aromatic heterocycles. The van der Waals surface area contributed by atoms with Crippen LogP contribution < -0.4 is 20.2 Å². The minimum Gasteiger partial charge on any atom is -0.497 e. The van der Waals surface area contributed by atoms with Gasteiger partial charge in [0.2, 0.25) is 5.91 Å². The number of unbranched alkanes of at least 4 members (excludes halogenated alkanes) is 1. The second kappa shape index (κ2) is 12.4. The number of methoxy groups -OCH3 is 1. The van der Waals surface area contributed by atoms with E-state index in [-0.39, 0.29) is 11.8 Å². The van der Waals surface area contributed by atoms with Crippen LogP contribution in [0.3, 0.4) is 0 Å². The van der Waals surface area contributed by atoms with Crippen LogP contribution in [0.25, 0.3) is 0 Å². The van der Waals surface area contributed by atoms with Gasteiger partial charge in [-0.25, -0.2) is 5.43 Å². The third-order valence-corrected chi connectivity index (χ3v) is 4.60. The monoisotopic (exact) mass is 425 g/mol. The standard InChI is InChI=1S/C24H31N3O4/c1-5-6-14-31-21-9-7-8-18(15-21)16-25-27-24(29)22(17(2)3)23(28)26-19-10-12-20(30-4)13-11-19/h7-13,15-17,22H,5-6,14H2,1-4H3,(H,26,28)(H,27,29). The zero-order valence-corrected chi connectivity index (χ0v) is 18.6. The molecule has 0 saturated heterocycles. The van der Waals surface area contributed by atoms with Crippen LogP contribution in [0.2, 0.25) is 0 Å². The highest BCUT2D eigenvalue weighted by Gasteiger charge is 2.29. The van der Waals surface area contributed by atoms with Crippen molar-refractivity contribution in [1.29, 1.82) is 0 Å². The Bertz CT molecular complexity index is 879. The largest absolute Gasteiger partial charge is 0.497 e. The average molecular weight is 426 g/mol. The van der Waals surface area contributed by atoms with Crippen LogP contribution in [0.1, 0.15) is 39.2 Å². The van der Waals surface area contributed by atoms with E-state index in [0.717, 1.165) is 24.2 Å². The molecule has 0 spiro atoms. The van der Waals surface area contributed by atoms with E-state index < -0.39 is 11.8 Å². The van der Waals surface area contributed by atoms with Crippen molar-refractivity contribution in [1.82, 2.24) is 5.43 Å². The normalized spacial score (nSPS) is 11.9. The first-order valence-corrected chi connectivity index (χ1v) is 10.4. The quantitative estimate of drug-likeness (QED) is 0.244. The SMILES string of the molecule is CCCCOc1cccc(C=NNC(=O)C(C(=O)Nc2ccc(OC)cc2)C(C)C)c1. The second-order valence-electron chi connectivity index (χ2n) is 7.45. The Kier molecular flexibility index (Phi) is 9.55. The van der Waals surface area contributed by atoms with Crippen molar-refractivity contribution in [2.75, 3.05) is 19.0 Å². The fraction of sp³-hybridized carbons (Fsp3) is 0.375. The number of nitrogens with zero attached hydrogens (tertiary/aromatic N) is 1. The molecule has 0 heterocycles. The molecule has 2 aromatic carbocycles. The predicted molar refractivity (Wildman–Crippen MR) is 123 cm³/mol. The lowest BCUT2D eigenvalue weighted by atomic mass is 9.94. The smallest absolute Gasteiger partial charge is 0.252 e. The molecule has 2 amide bonds. The van der Waals surface area contributed by atoms with E-state index in [1.54, 1.807) is 31.4 Å². The summed E-state index contributed by atoms with van der Waals surface area (Å²) in [6.07, 6.45) is 3.59. The Morgan fingerprint density at radius 1 is 1.06 bits per heavy atom. The molecular formula is C24H31N3O4. The number of carbonyl (C=O) groups is 2. The Hall–Kier alpha value is -3.35. The van der Waals surface area contributed by atoms with Gasteiger partial charge in [-0.3, -0.25) is 9.59 Å². The number of amides is 2. The highest BCUT2D eigenvalue weighted by Crippen LogP contribution is 2.18. The third kappa shape index (κ3) is 7.77. The van der Waals surface area contributed by atoms with Gasteiger partial charge in [0.15, 0.2) is 0 Å². The average Bonchev–Trinajstić information content (AvgIpc) is 2.74. The molecule has 31 heavy (non-hydrogen) atoms. The maximum atomic E-state index is 12.7. The minimum atomic E-state index is -0.886. The minimum absolute atomic E-state index is 0.205. The van der Waals surface area contributed by atoms with Gasteiger partial charge >= 0.3 is 0 Å².